The third-order valence-corrected chi connectivity index (χ3v) is 6.62. The molecule has 2 saturated carbocycles. The van der Waals surface area contributed by atoms with Gasteiger partial charge in [0.25, 0.3) is 0 Å². The molecule has 1 aromatic rings. The summed E-state index contributed by atoms with van der Waals surface area (Å²) in [6.07, 6.45) is 6.08. The van der Waals surface area contributed by atoms with E-state index in [1.165, 1.54) is 24.2 Å². The molecule has 2 aliphatic carbocycles. The number of nitrogens with one attached hydrogen (secondary N) is 1. The molecular weight excluding hydrogens is 292 g/mol. The van der Waals surface area contributed by atoms with Crippen LogP contribution in [0.4, 0.5) is 0 Å². The van der Waals surface area contributed by atoms with Gasteiger partial charge in [-0.15, -0.1) is 17.9 Å². The van der Waals surface area contributed by atoms with E-state index < -0.39 is 10.0 Å². The van der Waals surface area contributed by atoms with E-state index in [2.05, 4.69) is 11.9 Å². The first-order chi connectivity index (χ1) is 9.61. The van der Waals surface area contributed by atoms with Gasteiger partial charge in [-0.2, -0.15) is 4.31 Å². The minimum Gasteiger partial charge on any atom is -0.309 e. The Morgan fingerprint density at radius 3 is 2.75 bits per heavy atom. The molecule has 0 saturated heterocycles. The van der Waals surface area contributed by atoms with Gasteiger partial charge in [0.1, 0.15) is 0 Å². The molecule has 0 amide bonds. The summed E-state index contributed by atoms with van der Waals surface area (Å²) in [5.41, 5.74) is 0. The van der Waals surface area contributed by atoms with Crippen LogP contribution in [0.15, 0.2) is 29.0 Å². The highest BCUT2D eigenvalue weighted by atomic mass is 32.2. The van der Waals surface area contributed by atoms with Crippen molar-refractivity contribution >= 4 is 21.4 Å². The molecular formula is C14H20N2O2S2. The van der Waals surface area contributed by atoms with Gasteiger partial charge in [0, 0.05) is 35.4 Å². The second-order valence-electron chi connectivity index (χ2n) is 5.50. The lowest BCUT2D eigenvalue weighted by Gasteiger charge is -2.19. The lowest BCUT2D eigenvalue weighted by Crippen LogP contribution is -2.33. The van der Waals surface area contributed by atoms with E-state index in [4.69, 9.17) is 0 Å². The number of nitrogens with zero attached hydrogens (tertiary/aromatic N) is 1. The maximum Gasteiger partial charge on any atom is 0.244 e. The van der Waals surface area contributed by atoms with Crippen LogP contribution in [-0.2, 0) is 16.6 Å². The Kier molecular flexibility index (Phi) is 3.99. The molecule has 2 aliphatic rings. The van der Waals surface area contributed by atoms with E-state index >= 15 is 0 Å². The van der Waals surface area contributed by atoms with Crippen molar-refractivity contribution < 1.29 is 8.42 Å². The summed E-state index contributed by atoms with van der Waals surface area (Å²) in [7, 11) is -3.36. The van der Waals surface area contributed by atoms with Crippen molar-refractivity contribution in [3.05, 3.63) is 29.0 Å². The summed E-state index contributed by atoms with van der Waals surface area (Å²) >= 11 is 1.52. The third-order valence-electron chi connectivity index (χ3n) is 3.64. The van der Waals surface area contributed by atoms with Crippen LogP contribution in [0.1, 0.15) is 30.6 Å². The van der Waals surface area contributed by atoms with Gasteiger partial charge in [0.2, 0.25) is 10.0 Å². The van der Waals surface area contributed by atoms with E-state index in [9.17, 15) is 8.42 Å². The average molecular weight is 312 g/mol. The van der Waals surface area contributed by atoms with E-state index in [0.717, 1.165) is 24.3 Å². The molecule has 0 unspecified atom stereocenters. The molecule has 110 valence electrons. The zero-order valence-corrected chi connectivity index (χ0v) is 13.0. The molecule has 0 bridgehead atoms. The normalized spacial score (nSPS) is 19.4. The largest absolute Gasteiger partial charge is 0.309 e. The van der Waals surface area contributed by atoms with Gasteiger partial charge in [0.05, 0.1) is 4.90 Å². The standard InChI is InChI=1S/C14H20N2O2S2/c1-2-7-16(12-5-6-12)20(17,18)14-8-13(19-10-14)9-15-11-3-4-11/h2,8,10-12,15H,1,3-7,9H2. The Bertz CT molecular complexity index is 586. The molecule has 2 fully saturated rings. The first-order valence-electron chi connectivity index (χ1n) is 7.05. The SMILES string of the molecule is C=CCN(C1CC1)S(=O)(=O)c1csc(CNC2CC2)c1. The minimum atomic E-state index is -3.36. The van der Waals surface area contributed by atoms with Gasteiger partial charge in [-0.05, 0) is 31.7 Å². The summed E-state index contributed by atoms with van der Waals surface area (Å²) in [6.45, 7) is 4.84. The van der Waals surface area contributed by atoms with Crippen molar-refractivity contribution in [2.24, 2.45) is 0 Å². The minimum absolute atomic E-state index is 0.172. The molecule has 0 spiro atoms. The topological polar surface area (TPSA) is 49.4 Å². The van der Waals surface area contributed by atoms with E-state index in [0.29, 0.717) is 17.5 Å². The Morgan fingerprint density at radius 2 is 2.15 bits per heavy atom. The van der Waals surface area contributed by atoms with Crippen LogP contribution in [0.3, 0.4) is 0 Å². The van der Waals surface area contributed by atoms with Crippen molar-refractivity contribution in [3.8, 4) is 0 Å². The zero-order chi connectivity index (χ0) is 14.2. The van der Waals surface area contributed by atoms with Crippen LogP contribution in [0, 0.1) is 0 Å². The van der Waals surface area contributed by atoms with Crippen molar-refractivity contribution in [2.45, 2.75) is 49.2 Å². The molecule has 1 aromatic heterocycles. The summed E-state index contributed by atoms with van der Waals surface area (Å²) in [4.78, 5) is 1.52. The fourth-order valence-corrected chi connectivity index (χ4v) is 5.06. The first-order valence-corrected chi connectivity index (χ1v) is 9.37. The smallest absolute Gasteiger partial charge is 0.244 e. The first kappa shape index (κ1) is 14.3. The van der Waals surface area contributed by atoms with E-state index in [1.807, 2.05) is 6.07 Å². The molecule has 6 heteroatoms. The van der Waals surface area contributed by atoms with Gasteiger partial charge in [-0.25, -0.2) is 8.42 Å². The van der Waals surface area contributed by atoms with Crippen molar-refractivity contribution in [1.82, 2.24) is 9.62 Å². The highest BCUT2D eigenvalue weighted by Crippen LogP contribution is 2.33. The van der Waals surface area contributed by atoms with Crippen LogP contribution in [-0.4, -0.2) is 31.4 Å². The van der Waals surface area contributed by atoms with Crippen LogP contribution in [0.5, 0.6) is 0 Å². The maximum atomic E-state index is 12.6. The van der Waals surface area contributed by atoms with Gasteiger partial charge in [0.15, 0.2) is 0 Å². The maximum absolute atomic E-state index is 12.6. The fraction of sp³-hybridized carbons (Fsp3) is 0.571. The molecule has 0 atom stereocenters. The summed E-state index contributed by atoms with van der Waals surface area (Å²) < 4.78 is 26.8. The van der Waals surface area contributed by atoms with E-state index in [1.54, 1.807) is 15.8 Å². The molecule has 0 aromatic carbocycles. The van der Waals surface area contributed by atoms with Crippen LogP contribution in [0.2, 0.25) is 0 Å². The Hall–Kier alpha value is -0.690. The molecule has 0 radical (unpaired) electrons. The van der Waals surface area contributed by atoms with Crippen molar-refractivity contribution in [3.63, 3.8) is 0 Å². The van der Waals surface area contributed by atoms with Crippen LogP contribution < -0.4 is 5.32 Å². The number of hydrogen-bond donors (Lipinski definition) is 1. The highest BCUT2D eigenvalue weighted by Gasteiger charge is 2.37. The van der Waals surface area contributed by atoms with Gasteiger partial charge < -0.3 is 5.32 Å². The van der Waals surface area contributed by atoms with Gasteiger partial charge >= 0.3 is 0 Å². The average Bonchev–Trinajstić information content (AvgIpc) is 3.33. The molecule has 20 heavy (non-hydrogen) atoms. The molecule has 3 rings (SSSR count). The summed E-state index contributed by atoms with van der Waals surface area (Å²) in [6, 6.07) is 2.63. The lowest BCUT2D eigenvalue weighted by atomic mass is 10.4. The van der Waals surface area contributed by atoms with Gasteiger partial charge in [-0.3, -0.25) is 0 Å². The summed E-state index contributed by atoms with van der Waals surface area (Å²) in [5.74, 6) is 0. The van der Waals surface area contributed by atoms with Gasteiger partial charge in [-0.1, -0.05) is 6.08 Å². The third kappa shape index (κ3) is 3.14. The number of hydrogen-bond acceptors (Lipinski definition) is 4. The van der Waals surface area contributed by atoms with Crippen LogP contribution in [0.25, 0.3) is 0 Å². The second kappa shape index (κ2) is 5.60. The zero-order valence-electron chi connectivity index (χ0n) is 11.4. The molecule has 1 heterocycles. The van der Waals surface area contributed by atoms with Crippen molar-refractivity contribution in [1.29, 1.82) is 0 Å². The van der Waals surface area contributed by atoms with Crippen LogP contribution >= 0.6 is 11.3 Å². The Balaban J connectivity index is 1.73. The number of rotatable bonds is 8. The Morgan fingerprint density at radius 1 is 1.40 bits per heavy atom. The predicted octanol–water partition coefficient (Wildman–Crippen LogP) is 2.34. The predicted molar refractivity (Wildman–Crippen MR) is 81.3 cm³/mol. The van der Waals surface area contributed by atoms with E-state index in [-0.39, 0.29) is 6.04 Å². The number of sulfonamides is 1. The quantitative estimate of drug-likeness (QED) is 0.750. The van der Waals surface area contributed by atoms with Crippen molar-refractivity contribution in [2.75, 3.05) is 6.54 Å². The lowest BCUT2D eigenvalue weighted by molar-refractivity contribution is 0.436. The summed E-state index contributed by atoms with van der Waals surface area (Å²) in [5, 5.41) is 5.17. The fourth-order valence-electron chi connectivity index (χ4n) is 2.19. The highest BCUT2D eigenvalue weighted by molar-refractivity contribution is 7.89. The monoisotopic (exact) mass is 312 g/mol. The molecule has 1 N–H and O–H groups in total. The second-order valence-corrected chi connectivity index (χ2v) is 8.38. The molecule has 0 aliphatic heterocycles. The Labute approximate surface area is 124 Å². The molecule has 4 nitrogen and oxygen atoms in total. The number of thiophene rings is 1.